The van der Waals surface area contributed by atoms with E-state index in [-0.39, 0.29) is 74.6 Å². The highest BCUT2D eigenvalue weighted by Gasteiger charge is 2.62. The smallest absolute Gasteiger partial charge is 0.315 e. The van der Waals surface area contributed by atoms with Crippen molar-refractivity contribution in [1.29, 1.82) is 0 Å². The predicted octanol–water partition coefficient (Wildman–Crippen LogP) is 7.73. The lowest BCUT2D eigenvalue weighted by molar-refractivity contribution is -0.126. The first-order valence-corrected chi connectivity index (χ1v) is 18.1. The predicted molar refractivity (Wildman–Crippen MR) is 194 cm³/mol. The van der Waals surface area contributed by atoms with E-state index in [1.807, 2.05) is 5.32 Å². The number of aryl methyl sites for hydroxylation is 1. The molecule has 3 N–H and O–H groups in total. The van der Waals surface area contributed by atoms with Gasteiger partial charge in [0.2, 0.25) is 5.91 Å². The average molecular weight is 834 g/mol. The van der Waals surface area contributed by atoms with E-state index in [0.29, 0.717) is 10.7 Å². The largest absolute Gasteiger partial charge is 0.378 e. The Morgan fingerprint density at radius 3 is 2.33 bits per heavy atom. The van der Waals surface area contributed by atoms with E-state index in [2.05, 4.69) is 32.3 Å². The van der Waals surface area contributed by atoms with Crippen LogP contribution in [0, 0.1) is 29.4 Å². The van der Waals surface area contributed by atoms with Gasteiger partial charge in [-0.3, -0.25) is 19.0 Å². The maximum absolute atomic E-state index is 15.6. The van der Waals surface area contributed by atoms with Crippen LogP contribution in [0.5, 0.6) is 0 Å². The van der Waals surface area contributed by atoms with Crippen LogP contribution < -0.4 is 10.6 Å². The second-order valence-electron chi connectivity index (χ2n) is 14.6. The van der Waals surface area contributed by atoms with Gasteiger partial charge in [0.15, 0.2) is 5.82 Å². The van der Waals surface area contributed by atoms with Crippen LogP contribution >= 0.6 is 11.6 Å². The van der Waals surface area contributed by atoms with Gasteiger partial charge in [0.1, 0.15) is 40.9 Å². The Morgan fingerprint density at radius 1 is 1.02 bits per heavy atom. The lowest BCUT2D eigenvalue weighted by atomic mass is 9.73. The molecule has 2 aliphatic carbocycles. The van der Waals surface area contributed by atoms with Crippen LogP contribution in [0.1, 0.15) is 79.0 Å². The van der Waals surface area contributed by atoms with Gasteiger partial charge < -0.3 is 15.7 Å². The molecule has 0 bridgehead atoms. The quantitative estimate of drug-likeness (QED) is 0.0978. The number of nitrogens with one attached hydrogen (secondary N) is 2. The van der Waals surface area contributed by atoms with Crippen molar-refractivity contribution >= 4 is 40.1 Å². The van der Waals surface area contributed by atoms with Crippen molar-refractivity contribution in [3.63, 3.8) is 0 Å². The Morgan fingerprint density at radius 2 is 1.71 bits per heavy atom. The zero-order valence-corrected chi connectivity index (χ0v) is 31.4. The Bertz CT molecular complexity index is 2520. The van der Waals surface area contributed by atoms with Crippen molar-refractivity contribution < 1.29 is 49.8 Å². The normalized spacial score (nSPS) is 17.4. The third-order valence-corrected chi connectivity index (χ3v) is 10.4. The number of amides is 2. The summed E-state index contributed by atoms with van der Waals surface area (Å²) in [5, 5.41) is 23.0. The van der Waals surface area contributed by atoms with Gasteiger partial charge in [-0.2, -0.15) is 27.8 Å². The number of carbonyl (C=O) groups excluding carboxylic acids is 2. The third-order valence-electron chi connectivity index (χ3n) is 10.1. The molecule has 5 aromatic rings. The SMILES string of the molecule is Cn1nc(NC(=O)C(F)F)c2c(Cl)ccc(-c3ccc(C#CC(C)(C)O)nc3[C@H](Cc3cc(F)cc(F)c3)NC(=O)Cn3nc(C(F)F)c4c3C(F)(F)[C@@H]3CC[C@H]43)c21. The van der Waals surface area contributed by atoms with E-state index in [0.717, 1.165) is 12.1 Å². The first-order valence-electron chi connectivity index (χ1n) is 17.8. The number of rotatable bonds is 10. The number of alkyl halides is 6. The van der Waals surface area contributed by atoms with Crippen LogP contribution in [0.25, 0.3) is 22.0 Å². The van der Waals surface area contributed by atoms with Crippen LogP contribution in [0.3, 0.4) is 0 Å². The van der Waals surface area contributed by atoms with E-state index >= 15 is 8.78 Å². The zero-order valence-electron chi connectivity index (χ0n) is 30.7. The van der Waals surface area contributed by atoms with E-state index in [1.165, 1.54) is 49.8 Å². The van der Waals surface area contributed by atoms with Crippen molar-refractivity contribution in [3.8, 4) is 23.0 Å². The number of anilines is 1. The molecule has 2 aromatic carbocycles. The van der Waals surface area contributed by atoms with Crippen molar-refractivity contribution in [2.75, 3.05) is 5.32 Å². The molecule has 0 saturated heterocycles. The highest BCUT2D eigenvalue weighted by molar-refractivity contribution is 6.37. The molecule has 2 amide bonds. The minimum atomic E-state index is -3.55. The number of benzene rings is 2. The van der Waals surface area contributed by atoms with Gasteiger partial charge in [-0.1, -0.05) is 23.6 Å². The molecular weight excluding hydrogens is 802 g/mol. The van der Waals surface area contributed by atoms with Crippen molar-refractivity contribution in [3.05, 3.63) is 93.0 Å². The van der Waals surface area contributed by atoms with Gasteiger partial charge >= 0.3 is 6.43 Å². The second kappa shape index (κ2) is 15.0. The first kappa shape index (κ1) is 40.6. The van der Waals surface area contributed by atoms with E-state index in [9.17, 15) is 41.0 Å². The van der Waals surface area contributed by atoms with E-state index < -0.39 is 83.6 Å². The van der Waals surface area contributed by atoms with Gasteiger partial charge in [0, 0.05) is 35.7 Å². The molecule has 10 nitrogen and oxygen atoms in total. The molecule has 3 atom stereocenters. The average Bonchev–Trinajstić information content (AvgIpc) is 3.68. The number of pyridine rings is 1. The molecule has 0 spiro atoms. The molecular formula is C39H32ClF8N7O3. The monoisotopic (exact) mass is 833 g/mol. The fourth-order valence-corrected chi connectivity index (χ4v) is 7.85. The molecule has 0 aliphatic heterocycles. The molecule has 2 aliphatic rings. The van der Waals surface area contributed by atoms with Gasteiger partial charge in [-0.05, 0) is 80.8 Å². The highest BCUT2D eigenvalue weighted by Crippen LogP contribution is 2.63. The summed E-state index contributed by atoms with van der Waals surface area (Å²) in [6.45, 7) is 1.87. The van der Waals surface area contributed by atoms with Crippen molar-refractivity contribution in [1.82, 2.24) is 29.9 Å². The van der Waals surface area contributed by atoms with Crippen molar-refractivity contribution in [2.45, 2.75) is 76.0 Å². The molecule has 3 heterocycles. The number of fused-ring (bicyclic) bond motifs is 4. The number of carbonyl (C=O) groups is 2. The van der Waals surface area contributed by atoms with Crippen LogP contribution in [0.2, 0.25) is 5.02 Å². The van der Waals surface area contributed by atoms with E-state index in [1.54, 1.807) is 0 Å². The first-order chi connectivity index (χ1) is 27.2. The third kappa shape index (κ3) is 7.60. The fraction of sp³-hybridized carbons (Fsp3) is 0.359. The van der Waals surface area contributed by atoms with Gasteiger partial charge in [-0.15, -0.1) is 0 Å². The Hall–Kier alpha value is -5.54. The molecule has 1 fully saturated rings. The van der Waals surface area contributed by atoms with Crippen LogP contribution in [0.15, 0.2) is 42.5 Å². The summed E-state index contributed by atoms with van der Waals surface area (Å²) in [5.41, 5.74) is -2.75. The number of nitrogens with zero attached hydrogens (tertiary/aromatic N) is 5. The minimum Gasteiger partial charge on any atom is -0.378 e. The maximum atomic E-state index is 15.6. The summed E-state index contributed by atoms with van der Waals surface area (Å²) < 4.78 is 117. The number of aliphatic hydroxyl groups is 1. The number of hydrogen-bond acceptors (Lipinski definition) is 6. The molecule has 0 radical (unpaired) electrons. The molecule has 304 valence electrons. The Kier molecular flexibility index (Phi) is 10.5. The standard InChI is InChI=1S/C39H32ClF8N7O3/c1-38(2,58)11-10-20-4-5-21(22-7-9-25(40)29-32(22)54(3)53-36(29)51-37(57)35(45)46)30(49-20)26(14-17-12-18(41)15-19(42)13-17)50-27(56)16-55-33-28(31(52-55)34(43)44)23-6-8-24(23)39(33,47)48/h4-5,7,9,12-13,15,23-24,26,34-35,58H,6,8,14,16H2,1-3H3,(H,50,56)(H,51,53,57)/t23-,24+,26-/m0/s1. The summed E-state index contributed by atoms with van der Waals surface area (Å²) in [6, 6.07) is 7.06. The maximum Gasteiger partial charge on any atom is 0.315 e. The molecule has 3 aromatic heterocycles. The van der Waals surface area contributed by atoms with Gasteiger partial charge in [0.25, 0.3) is 18.3 Å². The molecule has 1 saturated carbocycles. The lowest BCUT2D eigenvalue weighted by Crippen LogP contribution is -2.36. The van der Waals surface area contributed by atoms with E-state index in [4.69, 9.17) is 11.6 Å². The Balaban J connectivity index is 1.38. The summed E-state index contributed by atoms with van der Waals surface area (Å²) >= 11 is 6.51. The zero-order chi connectivity index (χ0) is 42.0. The van der Waals surface area contributed by atoms with Gasteiger partial charge in [0.05, 0.1) is 27.7 Å². The lowest BCUT2D eigenvalue weighted by Gasteiger charge is -2.34. The molecule has 7 rings (SSSR count). The molecule has 58 heavy (non-hydrogen) atoms. The van der Waals surface area contributed by atoms with Crippen LogP contribution in [-0.2, 0) is 35.5 Å². The summed E-state index contributed by atoms with van der Waals surface area (Å²) in [6.07, 6.45) is -6.62. The van der Waals surface area contributed by atoms with Crippen molar-refractivity contribution in [2.24, 2.45) is 13.0 Å². The van der Waals surface area contributed by atoms with Crippen LogP contribution in [0.4, 0.5) is 40.9 Å². The molecule has 0 unspecified atom stereocenters. The number of aromatic nitrogens is 5. The molecule has 19 heteroatoms. The summed E-state index contributed by atoms with van der Waals surface area (Å²) in [7, 11) is 1.43. The fourth-order valence-electron chi connectivity index (χ4n) is 7.61. The highest BCUT2D eigenvalue weighted by atomic mass is 35.5. The number of hydrogen-bond donors (Lipinski definition) is 3. The second-order valence-corrected chi connectivity index (χ2v) is 15.0. The Labute approximate surface area is 329 Å². The topological polar surface area (TPSA) is 127 Å². The van der Waals surface area contributed by atoms with Gasteiger partial charge in [-0.25, -0.2) is 22.5 Å². The summed E-state index contributed by atoms with van der Waals surface area (Å²) in [5.74, 6) is -5.16. The minimum absolute atomic E-state index is 0.00108. The summed E-state index contributed by atoms with van der Waals surface area (Å²) in [4.78, 5) is 30.6. The number of halogens is 9. The van der Waals surface area contributed by atoms with Crippen LogP contribution in [-0.4, -0.2) is 53.5 Å².